The van der Waals surface area contributed by atoms with Crippen LogP contribution in [0, 0.1) is 25.2 Å². The maximum atomic E-state index is 12.3. The van der Waals surface area contributed by atoms with Gasteiger partial charge in [-0.15, -0.1) is 0 Å². The Morgan fingerprint density at radius 3 is 1.17 bits per heavy atom. The van der Waals surface area contributed by atoms with Crippen molar-refractivity contribution < 1.29 is 103 Å². The number of carboxylic acids is 5. The fourth-order valence-corrected chi connectivity index (χ4v) is 11.7. The molecule has 0 saturated carbocycles. The fraction of sp³-hybridized carbons (Fsp3) is 0.152. The molecule has 0 aliphatic heterocycles. The number of Topliss-reactive ketones (excluding diaryl/α,β-unsaturated/α-hetero) is 5. The van der Waals surface area contributed by atoms with E-state index in [2.05, 4.69) is 29.1 Å². The highest BCUT2D eigenvalue weighted by atomic mass is 16.5. The molecule has 0 bridgehead atoms. The molecule has 598 valence electrons. The van der Waals surface area contributed by atoms with Gasteiger partial charge in [-0.25, -0.2) is 24.0 Å². The van der Waals surface area contributed by atoms with Gasteiger partial charge in [-0.3, -0.25) is 38.4 Å². The normalized spacial score (nSPS) is 10.4. The van der Waals surface area contributed by atoms with Crippen LogP contribution in [0.15, 0.2) is 232 Å². The Morgan fingerprint density at radius 1 is 0.385 bits per heavy atom. The van der Waals surface area contributed by atoms with Crippen molar-refractivity contribution in [3.8, 4) is 11.8 Å². The molecule has 0 fully saturated rings. The molecule has 0 aromatic heterocycles. The topological polar surface area (TPSA) is 433 Å². The van der Waals surface area contributed by atoms with E-state index in [4.69, 9.17) is 35.5 Å². The Kier molecular flexibility index (Phi) is 33.7. The van der Waals surface area contributed by atoms with Crippen LogP contribution in [0.25, 0.3) is 11.5 Å². The molecule has 3 amide bonds. The number of ether oxygens (including phenoxy) is 1. The van der Waals surface area contributed by atoms with Crippen LogP contribution in [0.2, 0.25) is 0 Å². The standard InChI is InChI=1S/C19H18O5.C19H18O4.C18H14N2O4.2C18H17NO4/c1-12(20)14-9-7-13(11-18(14)24-2)8-10-17(21)15-5-3-4-6-16(15)19(22)23;1-12-11-14(7-9-15(12)13(2)20)8-10-18(21)16-5-3-4-6-17(16)19(22)23;1-11(21)14-4-2-3-5-16(14)17(22)20-10-12-6-7-15(18(23)24)13(8-12)9-19;1-11(13-7-9-14(10-8-13)12(2)20)19-17(21)15-5-3-4-6-16(15)18(22)23;1-11-9-13(12(2)20)7-8-14(11)10-19-17(21)15-5-3-4-6-16(15)18(22)23/h3-7,9,11,20H,1,8,10H2,2H3,(H,22,23);3-7,9,11,20H,2,8,10H2,1H3,(H,22,23);2-8H,10H2,1H3,(H,20,22)(H,23,24);3-11H,1-2H3,(H,19,21)(H,22,23);3-9H,10H2,1-2H3,(H,19,21)(H,22,23). The third kappa shape index (κ3) is 26.1. The largest absolute Gasteiger partial charge is 0.508 e. The van der Waals surface area contributed by atoms with Gasteiger partial charge in [0.1, 0.15) is 23.3 Å². The third-order valence-electron chi connectivity index (χ3n) is 18.0. The minimum Gasteiger partial charge on any atom is -0.508 e. The molecule has 117 heavy (non-hydrogen) atoms. The van der Waals surface area contributed by atoms with Crippen molar-refractivity contribution in [1.82, 2.24) is 16.0 Å². The number of methoxy groups -OCH3 is 1. The fourth-order valence-electron chi connectivity index (χ4n) is 11.7. The molecule has 1 atom stereocenters. The molecule has 0 radical (unpaired) electrons. The first-order valence-corrected chi connectivity index (χ1v) is 35.9. The van der Waals surface area contributed by atoms with Gasteiger partial charge < -0.3 is 56.4 Å². The lowest BCUT2D eigenvalue weighted by Crippen LogP contribution is -2.28. The Morgan fingerprint density at radius 2 is 0.761 bits per heavy atom. The zero-order valence-electron chi connectivity index (χ0n) is 64.8. The highest BCUT2D eigenvalue weighted by Crippen LogP contribution is 2.27. The van der Waals surface area contributed by atoms with Gasteiger partial charge in [0.25, 0.3) is 17.7 Å². The summed E-state index contributed by atoms with van der Waals surface area (Å²) in [5, 5.41) is 81.6. The van der Waals surface area contributed by atoms with E-state index in [1.165, 1.54) is 94.6 Å². The number of carboxylic acid groups (broad SMARTS) is 5. The number of nitriles is 1. The Bertz CT molecular complexity index is 5540. The van der Waals surface area contributed by atoms with Gasteiger partial charge in [0.05, 0.1) is 68.8 Å². The van der Waals surface area contributed by atoms with Crippen molar-refractivity contribution in [3.05, 3.63) is 360 Å². The summed E-state index contributed by atoms with van der Waals surface area (Å²) in [5.41, 5.74) is 9.43. The number of hydrogen-bond acceptors (Lipinski definition) is 17. The van der Waals surface area contributed by atoms with E-state index in [1.807, 2.05) is 32.0 Å². The molecule has 10 rings (SSSR count). The van der Waals surface area contributed by atoms with Crippen LogP contribution < -0.4 is 20.7 Å². The summed E-state index contributed by atoms with van der Waals surface area (Å²) in [7, 11) is 1.49. The molecule has 10 N–H and O–H groups in total. The number of carbonyl (C=O) groups is 13. The maximum Gasteiger partial charge on any atom is 0.337 e. The number of aryl methyl sites for hydroxylation is 4. The van der Waals surface area contributed by atoms with E-state index < -0.39 is 47.6 Å². The van der Waals surface area contributed by atoms with Crippen molar-refractivity contribution in [1.29, 1.82) is 5.26 Å². The van der Waals surface area contributed by atoms with Gasteiger partial charge in [-0.2, -0.15) is 5.26 Å². The van der Waals surface area contributed by atoms with Crippen LogP contribution in [0.4, 0.5) is 0 Å². The van der Waals surface area contributed by atoms with Gasteiger partial charge >= 0.3 is 29.8 Å². The SMILES string of the molecule is C=C(O)c1ccc(CCC(=O)c2ccccc2C(=O)O)cc1C.C=C(O)c1ccc(CCC(=O)c2ccccc2C(=O)O)cc1OC.CC(=O)c1ccc(C(C)NC(=O)c2ccccc2C(=O)O)cc1.CC(=O)c1ccc(CNC(=O)c2ccccc2C(=O)O)c(C)c1.CC(=O)c1ccccc1C(=O)NCc1ccc(C(=O)O)c(C#N)c1. The van der Waals surface area contributed by atoms with E-state index in [9.17, 15) is 72.5 Å². The van der Waals surface area contributed by atoms with Gasteiger partial charge in [0.2, 0.25) is 0 Å². The van der Waals surface area contributed by atoms with Crippen LogP contribution in [0.1, 0.15) is 237 Å². The summed E-state index contributed by atoms with van der Waals surface area (Å²) < 4.78 is 5.21. The smallest absolute Gasteiger partial charge is 0.337 e. The Balaban J connectivity index is 0.000000227. The van der Waals surface area contributed by atoms with Crippen LogP contribution in [0.3, 0.4) is 0 Å². The first-order valence-electron chi connectivity index (χ1n) is 35.9. The van der Waals surface area contributed by atoms with Crippen LogP contribution >= 0.6 is 0 Å². The molecular weight excluding hydrogens is 1500 g/mol. The molecule has 0 heterocycles. The average molecular weight is 1580 g/mol. The van der Waals surface area contributed by atoms with E-state index in [1.54, 1.807) is 146 Å². The minimum absolute atomic E-state index is 0.00649. The Hall–Kier alpha value is -15.3. The number of hydrogen-bond donors (Lipinski definition) is 10. The molecule has 0 spiro atoms. The second-order valence-electron chi connectivity index (χ2n) is 26.2. The van der Waals surface area contributed by atoms with Crippen molar-refractivity contribution in [2.75, 3.05) is 7.11 Å². The molecular formula is C92H84N4O21. The van der Waals surface area contributed by atoms with E-state index in [-0.39, 0.29) is 134 Å². The molecule has 10 aromatic carbocycles. The number of amides is 3. The van der Waals surface area contributed by atoms with Crippen molar-refractivity contribution in [2.24, 2.45) is 0 Å². The van der Waals surface area contributed by atoms with Crippen molar-refractivity contribution >= 4 is 88.0 Å². The number of aliphatic hydroxyl groups is 2. The number of rotatable bonds is 28. The lowest BCUT2D eigenvalue weighted by atomic mass is 9.97. The van der Waals surface area contributed by atoms with Gasteiger partial charge in [-0.05, 0) is 166 Å². The number of benzene rings is 10. The lowest BCUT2D eigenvalue weighted by molar-refractivity contribution is 0.0682. The third-order valence-corrected chi connectivity index (χ3v) is 18.0. The summed E-state index contributed by atoms with van der Waals surface area (Å²) in [6.07, 6.45) is 1.34. The maximum absolute atomic E-state index is 12.3. The first-order chi connectivity index (χ1) is 55.6. The quantitative estimate of drug-likeness (QED) is 0.0161. The van der Waals surface area contributed by atoms with Crippen molar-refractivity contribution in [3.63, 3.8) is 0 Å². The molecule has 0 aliphatic carbocycles. The highest BCUT2D eigenvalue weighted by Gasteiger charge is 2.23. The van der Waals surface area contributed by atoms with Gasteiger partial charge in [-0.1, -0.05) is 159 Å². The summed E-state index contributed by atoms with van der Waals surface area (Å²) in [4.78, 5) is 151. The van der Waals surface area contributed by atoms with E-state index in [0.29, 0.717) is 52.0 Å². The molecule has 0 aliphatic rings. The van der Waals surface area contributed by atoms with Crippen LogP contribution in [0.5, 0.6) is 5.75 Å². The van der Waals surface area contributed by atoms with Crippen LogP contribution in [-0.4, -0.2) is 119 Å². The highest BCUT2D eigenvalue weighted by molar-refractivity contribution is 6.09. The number of aromatic carboxylic acids is 5. The van der Waals surface area contributed by atoms with Crippen molar-refractivity contribution in [2.45, 2.75) is 86.4 Å². The second-order valence-corrected chi connectivity index (χ2v) is 26.2. The first kappa shape index (κ1) is 90.6. The van der Waals surface area contributed by atoms with Crippen LogP contribution in [-0.2, 0) is 25.9 Å². The molecule has 25 heteroatoms. The van der Waals surface area contributed by atoms with Gasteiger partial charge in [0, 0.05) is 59.3 Å². The zero-order valence-corrected chi connectivity index (χ0v) is 64.8. The monoisotopic (exact) mass is 1580 g/mol. The molecule has 25 nitrogen and oxygen atoms in total. The predicted molar refractivity (Wildman–Crippen MR) is 437 cm³/mol. The summed E-state index contributed by atoms with van der Waals surface area (Å²) in [6.45, 7) is 17.2. The lowest BCUT2D eigenvalue weighted by Gasteiger charge is -2.15. The number of nitrogens with zero attached hydrogens (tertiary/aromatic N) is 1. The number of aliphatic hydroxyl groups excluding tert-OH is 2. The molecule has 1 unspecified atom stereocenters. The molecule has 0 saturated heterocycles. The number of carbonyl (C=O) groups excluding carboxylic acids is 8. The Labute approximate surface area is 673 Å². The predicted octanol–water partition coefficient (Wildman–Crippen LogP) is 16.1. The number of nitrogens with one attached hydrogen (secondary N) is 3. The summed E-state index contributed by atoms with van der Waals surface area (Å²) >= 11 is 0. The summed E-state index contributed by atoms with van der Waals surface area (Å²) in [6, 6.07) is 59.7. The number of ketones is 5. The minimum atomic E-state index is -1.18. The zero-order chi connectivity index (χ0) is 86.3. The van der Waals surface area contributed by atoms with E-state index in [0.717, 1.165) is 33.4 Å². The van der Waals surface area contributed by atoms with E-state index >= 15 is 0 Å². The summed E-state index contributed by atoms with van der Waals surface area (Å²) in [5.74, 6) is -7.29. The second kappa shape index (κ2) is 43.5. The molecule has 10 aromatic rings. The van der Waals surface area contributed by atoms with Gasteiger partial charge in [0.15, 0.2) is 28.9 Å². The average Bonchev–Trinajstić information content (AvgIpc) is 0.843.